The number of hydrogen-bond acceptors (Lipinski definition) is 7. The van der Waals surface area contributed by atoms with Crippen molar-refractivity contribution >= 4 is 5.91 Å². The normalized spacial score (nSPS) is 19.8. The number of rotatable bonds is 5. The van der Waals surface area contributed by atoms with Gasteiger partial charge >= 0.3 is 0 Å². The summed E-state index contributed by atoms with van der Waals surface area (Å²) in [6.45, 7) is 7.85. The van der Waals surface area contributed by atoms with Crippen LogP contribution in [0.2, 0.25) is 0 Å². The minimum atomic E-state index is -0.260. The number of carbonyl (C=O) groups is 1. The Morgan fingerprint density at radius 1 is 1.52 bits per heavy atom. The van der Waals surface area contributed by atoms with Gasteiger partial charge in [-0.2, -0.15) is 5.10 Å². The average Bonchev–Trinajstić information content (AvgIpc) is 3.22. The number of carbonyl (C=O) groups excluding carboxylic acids is 1. The van der Waals surface area contributed by atoms with Crippen LogP contribution in [0.25, 0.3) is 0 Å². The number of ether oxygens (including phenoxy) is 1. The van der Waals surface area contributed by atoms with Gasteiger partial charge in [0.1, 0.15) is 23.4 Å². The molecule has 1 amide bonds. The zero-order valence-electron chi connectivity index (χ0n) is 15.0. The molecule has 0 aliphatic carbocycles. The van der Waals surface area contributed by atoms with E-state index in [-0.39, 0.29) is 18.1 Å². The fourth-order valence-electron chi connectivity index (χ4n) is 2.97. The van der Waals surface area contributed by atoms with E-state index in [1.165, 1.54) is 0 Å². The number of H-pyrrole nitrogens is 1. The number of morpholine rings is 1. The van der Waals surface area contributed by atoms with Crippen molar-refractivity contribution in [2.24, 2.45) is 0 Å². The van der Waals surface area contributed by atoms with Crippen molar-refractivity contribution in [2.75, 3.05) is 26.7 Å². The third-order valence-corrected chi connectivity index (χ3v) is 4.36. The Bertz CT molecular complexity index is 727. The Morgan fingerprint density at radius 2 is 2.32 bits per heavy atom. The summed E-state index contributed by atoms with van der Waals surface area (Å²) in [6.07, 6.45) is -0.225. The number of hydrogen-bond donors (Lipinski definition) is 1. The molecule has 2 aromatic rings. The van der Waals surface area contributed by atoms with Crippen molar-refractivity contribution in [3.63, 3.8) is 0 Å². The topological polar surface area (TPSA) is 100 Å². The number of nitrogens with one attached hydrogen (secondary N) is 1. The predicted molar refractivity (Wildman–Crippen MR) is 88.6 cm³/mol. The van der Waals surface area contributed by atoms with E-state index in [0.717, 1.165) is 17.3 Å². The molecule has 1 aliphatic heterocycles. The Hall–Kier alpha value is -2.26. The summed E-state index contributed by atoms with van der Waals surface area (Å²) in [4.78, 5) is 20.9. The van der Waals surface area contributed by atoms with Crippen LogP contribution in [0.15, 0.2) is 10.6 Å². The number of aromatic amines is 1. The summed E-state index contributed by atoms with van der Waals surface area (Å²) >= 11 is 0. The molecule has 0 spiro atoms. The fraction of sp³-hybridized carbons (Fsp3) is 0.625. The van der Waals surface area contributed by atoms with E-state index in [0.29, 0.717) is 32.1 Å². The first-order valence-electron chi connectivity index (χ1n) is 8.35. The van der Waals surface area contributed by atoms with Gasteiger partial charge in [-0.3, -0.25) is 14.8 Å². The monoisotopic (exact) mass is 348 g/mol. The summed E-state index contributed by atoms with van der Waals surface area (Å²) in [5, 5.41) is 10.9. The van der Waals surface area contributed by atoms with Crippen LogP contribution in [-0.4, -0.2) is 68.8 Å². The van der Waals surface area contributed by atoms with Gasteiger partial charge in [0.2, 0.25) is 5.91 Å². The second kappa shape index (κ2) is 7.32. The second-order valence-electron chi connectivity index (χ2n) is 6.43. The zero-order chi connectivity index (χ0) is 18.0. The zero-order valence-corrected chi connectivity index (χ0v) is 15.0. The van der Waals surface area contributed by atoms with Crippen LogP contribution in [-0.2, 0) is 16.1 Å². The first-order chi connectivity index (χ1) is 11.9. The molecule has 2 atom stereocenters. The summed E-state index contributed by atoms with van der Waals surface area (Å²) in [7, 11) is 1.78. The Morgan fingerprint density at radius 3 is 2.96 bits per heavy atom. The van der Waals surface area contributed by atoms with Crippen molar-refractivity contribution in [1.29, 1.82) is 0 Å². The van der Waals surface area contributed by atoms with Crippen molar-refractivity contribution < 1.29 is 14.1 Å². The molecule has 0 unspecified atom stereocenters. The maximum Gasteiger partial charge on any atom is 0.239 e. The van der Waals surface area contributed by atoms with Crippen LogP contribution in [0.5, 0.6) is 0 Å². The first-order valence-corrected chi connectivity index (χ1v) is 8.35. The number of likely N-dealkylation sites (N-methyl/N-ethyl adjacent to an activating group) is 1. The summed E-state index contributed by atoms with van der Waals surface area (Å²) < 4.78 is 10.8. The molecule has 3 heterocycles. The standard InChI is InChI=1S/C16H24N6O3/c1-10-7-13(20-25-10)8-21(4)16(23)11(2)22-5-6-24-14(9-22)15-17-12(3)18-19-15/h7,11,14H,5-6,8-9H2,1-4H3,(H,17,18,19)/t11-,14+/m1/s1. The molecule has 1 aliphatic rings. The lowest BCUT2D eigenvalue weighted by atomic mass is 10.1. The van der Waals surface area contributed by atoms with Gasteiger partial charge in [-0.1, -0.05) is 5.16 Å². The molecular formula is C16H24N6O3. The summed E-state index contributed by atoms with van der Waals surface area (Å²) in [6, 6.07) is 1.58. The van der Waals surface area contributed by atoms with Gasteiger partial charge in [-0.05, 0) is 20.8 Å². The maximum atomic E-state index is 12.7. The van der Waals surface area contributed by atoms with E-state index < -0.39 is 0 Å². The molecule has 1 saturated heterocycles. The number of amides is 1. The highest BCUT2D eigenvalue weighted by Gasteiger charge is 2.31. The van der Waals surface area contributed by atoms with Gasteiger partial charge in [0.25, 0.3) is 0 Å². The molecule has 9 heteroatoms. The van der Waals surface area contributed by atoms with Gasteiger partial charge in [-0.25, -0.2) is 4.98 Å². The van der Waals surface area contributed by atoms with E-state index in [2.05, 4.69) is 25.2 Å². The first kappa shape index (κ1) is 17.6. The van der Waals surface area contributed by atoms with Crippen molar-refractivity contribution in [1.82, 2.24) is 30.1 Å². The minimum Gasteiger partial charge on any atom is -0.367 e. The lowest BCUT2D eigenvalue weighted by molar-refractivity contribution is -0.139. The van der Waals surface area contributed by atoms with Crippen LogP contribution in [0.1, 0.15) is 36.1 Å². The molecule has 0 radical (unpaired) electrons. The van der Waals surface area contributed by atoms with Gasteiger partial charge in [0.05, 0.1) is 19.2 Å². The molecule has 25 heavy (non-hydrogen) atoms. The quantitative estimate of drug-likeness (QED) is 0.854. The Balaban J connectivity index is 1.60. The molecule has 2 aromatic heterocycles. The third kappa shape index (κ3) is 4.05. The van der Waals surface area contributed by atoms with Gasteiger partial charge in [-0.15, -0.1) is 0 Å². The van der Waals surface area contributed by atoms with E-state index in [4.69, 9.17) is 9.26 Å². The van der Waals surface area contributed by atoms with E-state index >= 15 is 0 Å². The minimum absolute atomic E-state index is 0.0347. The molecule has 3 rings (SSSR count). The van der Waals surface area contributed by atoms with Gasteiger partial charge in [0.15, 0.2) is 5.82 Å². The van der Waals surface area contributed by atoms with Crippen molar-refractivity contribution in [2.45, 2.75) is 39.5 Å². The third-order valence-electron chi connectivity index (χ3n) is 4.36. The van der Waals surface area contributed by atoms with Crippen LogP contribution in [0, 0.1) is 13.8 Å². The van der Waals surface area contributed by atoms with E-state index in [1.807, 2.05) is 26.8 Å². The summed E-state index contributed by atoms with van der Waals surface area (Å²) in [5.41, 5.74) is 0.747. The largest absolute Gasteiger partial charge is 0.367 e. The lowest BCUT2D eigenvalue weighted by Gasteiger charge is -2.36. The number of nitrogens with zero attached hydrogens (tertiary/aromatic N) is 5. The molecule has 9 nitrogen and oxygen atoms in total. The number of aryl methyl sites for hydroxylation is 2. The second-order valence-corrected chi connectivity index (χ2v) is 6.43. The molecule has 136 valence electrons. The average molecular weight is 348 g/mol. The molecule has 0 bridgehead atoms. The summed E-state index contributed by atoms with van der Waals surface area (Å²) in [5.74, 6) is 2.16. The van der Waals surface area contributed by atoms with E-state index in [1.54, 1.807) is 11.9 Å². The van der Waals surface area contributed by atoms with Crippen LogP contribution >= 0.6 is 0 Å². The van der Waals surface area contributed by atoms with E-state index in [9.17, 15) is 4.79 Å². The highest BCUT2D eigenvalue weighted by atomic mass is 16.5. The predicted octanol–water partition coefficient (Wildman–Crippen LogP) is 0.830. The van der Waals surface area contributed by atoms with Gasteiger partial charge < -0.3 is 14.2 Å². The lowest BCUT2D eigenvalue weighted by Crippen LogP contribution is -2.50. The molecule has 0 aromatic carbocycles. The number of aromatic nitrogens is 4. The molecule has 0 saturated carbocycles. The maximum absolute atomic E-state index is 12.7. The van der Waals surface area contributed by atoms with Crippen LogP contribution in [0.4, 0.5) is 0 Å². The molecule has 1 N–H and O–H groups in total. The van der Waals surface area contributed by atoms with Crippen LogP contribution < -0.4 is 0 Å². The van der Waals surface area contributed by atoms with Crippen molar-refractivity contribution in [3.05, 3.63) is 29.2 Å². The fourth-order valence-corrected chi connectivity index (χ4v) is 2.97. The molecule has 1 fully saturated rings. The van der Waals surface area contributed by atoms with Crippen molar-refractivity contribution in [3.8, 4) is 0 Å². The highest BCUT2D eigenvalue weighted by molar-refractivity contribution is 5.81. The highest BCUT2D eigenvalue weighted by Crippen LogP contribution is 2.21. The smallest absolute Gasteiger partial charge is 0.239 e. The Kier molecular flexibility index (Phi) is 5.14. The SMILES string of the molecule is Cc1nc([C@@H]2CN([C@H](C)C(=O)N(C)Cc3cc(C)on3)CCO2)n[nH]1. The Labute approximate surface area is 146 Å². The van der Waals surface area contributed by atoms with Gasteiger partial charge in [0, 0.05) is 26.2 Å². The van der Waals surface area contributed by atoms with Crippen LogP contribution in [0.3, 0.4) is 0 Å². The molecular weight excluding hydrogens is 324 g/mol.